The van der Waals surface area contributed by atoms with Gasteiger partial charge in [0.2, 0.25) is 0 Å². The first-order valence-electron chi connectivity index (χ1n) is 35.6. The molecule has 0 saturated heterocycles. The van der Waals surface area contributed by atoms with Crippen LogP contribution in [0.3, 0.4) is 0 Å². The minimum atomic E-state index is 0.0160. The first-order chi connectivity index (χ1) is 37.6. The van der Waals surface area contributed by atoms with E-state index in [-0.39, 0.29) is 11.9 Å². The molecule has 4 nitrogen and oxygen atoms in total. The number of hydrogen-bond donors (Lipinski definition) is 0. The molecule has 0 aromatic heterocycles. The quantitative estimate of drug-likeness (QED) is 0.0346. The first kappa shape index (κ1) is 76.7. The van der Waals surface area contributed by atoms with Crippen molar-refractivity contribution in [3.8, 4) is 0 Å². The Morgan fingerprint density at radius 2 is 0.368 bits per heavy atom. The molecule has 0 fully saturated rings. The molecule has 0 aromatic carbocycles. The zero-order valence-electron chi connectivity index (χ0n) is 53.0. The van der Waals surface area contributed by atoms with E-state index in [0.717, 1.165) is 32.1 Å². The van der Waals surface area contributed by atoms with Gasteiger partial charge in [-0.05, 0) is 51.4 Å². The van der Waals surface area contributed by atoms with E-state index in [1.165, 1.54) is 353 Å². The summed E-state index contributed by atoms with van der Waals surface area (Å²) < 4.78 is 10.9. The second kappa shape index (κ2) is 73.7. The van der Waals surface area contributed by atoms with Gasteiger partial charge in [-0.1, -0.05) is 374 Å². The van der Waals surface area contributed by atoms with Crippen LogP contribution in [-0.2, 0) is 19.1 Å². The summed E-state index contributed by atoms with van der Waals surface area (Å²) in [5, 5.41) is 0. The van der Waals surface area contributed by atoms with E-state index in [2.05, 4.69) is 39.8 Å². The lowest BCUT2D eigenvalue weighted by molar-refractivity contribution is -0.144. The summed E-state index contributed by atoms with van der Waals surface area (Å²) >= 11 is 0. The van der Waals surface area contributed by atoms with Crippen molar-refractivity contribution in [3.05, 3.63) is 12.2 Å². The highest BCUT2D eigenvalue weighted by molar-refractivity contribution is 5.69. The smallest absolute Gasteiger partial charge is 0.305 e. The molecule has 0 rings (SSSR count). The third kappa shape index (κ3) is 74.8. The molecule has 0 unspecified atom stereocenters. The number of allylic oxidation sites excluding steroid dienone is 2. The topological polar surface area (TPSA) is 52.6 Å². The van der Waals surface area contributed by atoms with Gasteiger partial charge in [0.1, 0.15) is 0 Å². The zero-order valence-corrected chi connectivity index (χ0v) is 53.0. The Hall–Kier alpha value is -1.32. The fraction of sp³-hybridized carbons (Fsp3) is 0.944. The maximum absolute atomic E-state index is 11.9. The van der Waals surface area contributed by atoms with Crippen LogP contribution in [0.4, 0.5) is 0 Å². The van der Waals surface area contributed by atoms with Gasteiger partial charge in [-0.3, -0.25) is 9.59 Å². The van der Waals surface area contributed by atoms with Gasteiger partial charge < -0.3 is 9.47 Å². The molecule has 76 heavy (non-hydrogen) atoms. The van der Waals surface area contributed by atoms with Crippen molar-refractivity contribution in [2.45, 2.75) is 426 Å². The second-order valence-corrected chi connectivity index (χ2v) is 24.1. The Labute approximate surface area is 480 Å². The highest BCUT2D eigenvalue weighted by Crippen LogP contribution is 2.18. The third-order valence-corrected chi connectivity index (χ3v) is 16.1. The van der Waals surface area contributed by atoms with E-state index in [4.69, 9.17) is 9.47 Å². The van der Waals surface area contributed by atoms with E-state index in [1.807, 2.05) is 0 Å². The molecule has 0 spiro atoms. The van der Waals surface area contributed by atoms with Crippen LogP contribution in [0.2, 0.25) is 0 Å². The molecular weight excluding hydrogens is 929 g/mol. The summed E-state index contributed by atoms with van der Waals surface area (Å²) in [5.74, 6) is 0.0454. The van der Waals surface area contributed by atoms with E-state index in [0.29, 0.717) is 26.1 Å². The maximum atomic E-state index is 11.9. The minimum Gasteiger partial charge on any atom is -0.466 e. The van der Waals surface area contributed by atoms with Gasteiger partial charge in [0, 0.05) is 12.8 Å². The molecule has 0 amide bonds. The second-order valence-electron chi connectivity index (χ2n) is 24.1. The Balaban J connectivity index is 0. The van der Waals surface area contributed by atoms with Gasteiger partial charge >= 0.3 is 11.9 Å². The van der Waals surface area contributed by atoms with E-state index in [9.17, 15) is 9.59 Å². The molecule has 0 aliphatic heterocycles. The highest BCUT2D eigenvalue weighted by atomic mass is 16.5. The van der Waals surface area contributed by atoms with Gasteiger partial charge in [-0.2, -0.15) is 0 Å². The predicted molar refractivity (Wildman–Crippen MR) is 340 cm³/mol. The summed E-state index contributed by atoms with van der Waals surface area (Å²) in [7, 11) is 0. The van der Waals surface area contributed by atoms with Crippen LogP contribution in [0.25, 0.3) is 0 Å². The van der Waals surface area contributed by atoms with Crippen LogP contribution < -0.4 is 0 Å². The normalized spacial score (nSPS) is 11.4. The molecule has 0 atom stereocenters. The number of rotatable bonds is 65. The van der Waals surface area contributed by atoms with Crippen molar-refractivity contribution >= 4 is 11.9 Å². The molecule has 0 saturated carbocycles. The van der Waals surface area contributed by atoms with Crippen molar-refractivity contribution in [2.75, 3.05) is 13.2 Å². The van der Waals surface area contributed by atoms with Gasteiger partial charge in [-0.25, -0.2) is 0 Å². The Bertz CT molecular complexity index is 1070. The number of unbranched alkanes of at least 4 members (excludes halogenated alkanes) is 55. The van der Waals surface area contributed by atoms with Crippen LogP contribution in [0.5, 0.6) is 0 Å². The van der Waals surface area contributed by atoms with E-state index >= 15 is 0 Å². The third-order valence-electron chi connectivity index (χ3n) is 16.1. The van der Waals surface area contributed by atoms with Gasteiger partial charge in [0.05, 0.1) is 13.2 Å². The molecule has 0 aliphatic rings. The Morgan fingerprint density at radius 1 is 0.211 bits per heavy atom. The molecule has 4 heteroatoms. The van der Waals surface area contributed by atoms with Crippen LogP contribution in [0.1, 0.15) is 426 Å². The fourth-order valence-corrected chi connectivity index (χ4v) is 10.8. The van der Waals surface area contributed by atoms with Crippen LogP contribution in [0.15, 0.2) is 12.2 Å². The fourth-order valence-electron chi connectivity index (χ4n) is 10.8. The van der Waals surface area contributed by atoms with Gasteiger partial charge in [-0.15, -0.1) is 0 Å². The average molecular weight is 1070 g/mol. The van der Waals surface area contributed by atoms with Crippen molar-refractivity contribution in [1.29, 1.82) is 0 Å². The van der Waals surface area contributed by atoms with Crippen molar-refractivity contribution < 1.29 is 19.1 Å². The number of ether oxygens (including phenoxy) is 2. The Morgan fingerprint density at radius 3 is 0.566 bits per heavy atom. The summed E-state index contributed by atoms with van der Waals surface area (Å²) in [6.07, 6.45) is 87.2. The van der Waals surface area contributed by atoms with Crippen molar-refractivity contribution in [3.63, 3.8) is 0 Å². The molecular formula is C72H142O4. The summed E-state index contributed by atoms with van der Waals surface area (Å²) in [6.45, 7) is 10.4. The zero-order chi connectivity index (χ0) is 55.2. The molecule has 0 radical (unpaired) electrons. The number of esters is 2. The standard InChI is InChI=1S/C38H76O2.C34H66O2/c1-3-5-7-9-11-13-15-17-19-20-21-22-23-24-26-28-30-32-34-36-38(39)40-37-35-33-31-29-27-25-18-16-14-12-10-8-6-4-2;1-3-5-7-9-11-13-15-17-19-20-22-24-26-28-30-32-34(35)36-33-31-29-27-25-23-21-18-16-14-12-10-8-6-4-2/h3-37H2,1-2H3;17,19H,3-16,18,20-33H2,1-2H3/b;19-17-. The molecule has 0 heterocycles. The lowest BCUT2D eigenvalue weighted by atomic mass is 10.0. The molecule has 454 valence electrons. The lowest BCUT2D eigenvalue weighted by Crippen LogP contribution is -2.05. The number of hydrogen-bond acceptors (Lipinski definition) is 4. The number of carbonyl (C=O) groups excluding carboxylic acids is 2. The summed E-state index contributed by atoms with van der Waals surface area (Å²) in [5.41, 5.74) is 0. The SMILES string of the molecule is CCCCCCCC/C=C\CCCCCCCC(=O)OCCCCCCCCCCCCCCCC.CCCCCCCCCCCCCCCCCCCCCC(=O)OCCCCCCCCCCCCCCCC. The molecule has 0 bridgehead atoms. The summed E-state index contributed by atoms with van der Waals surface area (Å²) in [6, 6.07) is 0. The van der Waals surface area contributed by atoms with Crippen LogP contribution in [-0.4, -0.2) is 25.2 Å². The first-order valence-corrected chi connectivity index (χ1v) is 35.6. The predicted octanol–water partition coefficient (Wildman–Crippen LogP) is 25.9. The number of carbonyl (C=O) groups is 2. The van der Waals surface area contributed by atoms with E-state index in [1.54, 1.807) is 0 Å². The largest absolute Gasteiger partial charge is 0.466 e. The van der Waals surface area contributed by atoms with Crippen LogP contribution >= 0.6 is 0 Å². The average Bonchev–Trinajstić information content (AvgIpc) is 3.42. The van der Waals surface area contributed by atoms with Gasteiger partial charge in [0.15, 0.2) is 0 Å². The molecule has 0 N–H and O–H groups in total. The van der Waals surface area contributed by atoms with Crippen LogP contribution in [0, 0.1) is 0 Å². The van der Waals surface area contributed by atoms with Crippen molar-refractivity contribution in [1.82, 2.24) is 0 Å². The molecule has 0 aromatic rings. The van der Waals surface area contributed by atoms with Gasteiger partial charge in [0.25, 0.3) is 0 Å². The maximum Gasteiger partial charge on any atom is 0.305 e. The van der Waals surface area contributed by atoms with Crippen molar-refractivity contribution in [2.24, 2.45) is 0 Å². The monoisotopic (exact) mass is 1070 g/mol. The Kier molecular flexibility index (Phi) is 74.4. The lowest BCUT2D eigenvalue weighted by Gasteiger charge is -2.06. The minimum absolute atomic E-state index is 0.0160. The van der Waals surface area contributed by atoms with E-state index < -0.39 is 0 Å². The molecule has 0 aliphatic carbocycles. The summed E-state index contributed by atoms with van der Waals surface area (Å²) in [4.78, 5) is 23.8. The highest BCUT2D eigenvalue weighted by Gasteiger charge is 2.05.